The number of hydrogen-bond donors (Lipinski definition) is 3. The Hall–Kier alpha value is -2.08. The lowest BCUT2D eigenvalue weighted by Gasteiger charge is -2.14. The fourth-order valence-corrected chi connectivity index (χ4v) is 2.11. The second-order valence-electron chi connectivity index (χ2n) is 6.00. The summed E-state index contributed by atoms with van der Waals surface area (Å²) in [6.45, 7) is 3.79. The van der Waals surface area contributed by atoms with Gasteiger partial charge in [-0.25, -0.2) is 0 Å². The predicted octanol–water partition coefficient (Wildman–Crippen LogP) is -0.590. The quantitative estimate of drug-likeness (QED) is 0.570. The molecule has 1 unspecified atom stereocenters. The van der Waals surface area contributed by atoms with E-state index in [1.54, 1.807) is 0 Å². The number of amides is 2. The monoisotopic (exact) mass is 321 g/mol. The number of carbonyl (C=O) groups is 2. The van der Waals surface area contributed by atoms with Crippen LogP contribution in [-0.2, 0) is 16.1 Å². The van der Waals surface area contributed by atoms with Gasteiger partial charge in [-0.1, -0.05) is 19.1 Å². The third kappa shape index (κ3) is 7.65. The van der Waals surface area contributed by atoms with E-state index in [0.717, 1.165) is 22.6 Å². The van der Waals surface area contributed by atoms with Gasteiger partial charge in [0.15, 0.2) is 13.1 Å². The predicted molar refractivity (Wildman–Crippen MR) is 92.5 cm³/mol. The zero-order valence-corrected chi connectivity index (χ0v) is 14.6. The van der Waals surface area contributed by atoms with Gasteiger partial charge in [-0.2, -0.15) is 0 Å². The van der Waals surface area contributed by atoms with Crippen LogP contribution < -0.4 is 20.4 Å². The van der Waals surface area contributed by atoms with E-state index in [1.165, 1.54) is 0 Å². The molecule has 0 aliphatic heterocycles. The third-order valence-corrected chi connectivity index (χ3v) is 3.44. The topological polar surface area (TPSA) is 65.9 Å². The lowest BCUT2D eigenvalue weighted by molar-refractivity contribution is -0.862. The minimum atomic E-state index is -0.0533. The van der Waals surface area contributed by atoms with Crippen LogP contribution in [0.1, 0.15) is 18.9 Å². The van der Waals surface area contributed by atoms with Crippen LogP contribution in [0.15, 0.2) is 24.3 Å². The number of quaternary nitrogens is 1. The van der Waals surface area contributed by atoms with E-state index in [1.807, 2.05) is 57.2 Å². The molecule has 2 amide bonds. The van der Waals surface area contributed by atoms with E-state index in [0.29, 0.717) is 19.6 Å². The van der Waals surface area contributed by atoms with Gasteiger partial charge < -0.3 is 20.4 Å². The molecule has 0 aliphatic carbocycles. The number of nitrogens with zero attached hydrogens (tertiary/aromatic N) is 1. The summed E-state index contributed by atoms with van der Waals surface area (Å²) >= 11 is 0. The number of benzene rings is 1. The first kappa shape index (κ1) is 19.0. The number of carbonyl (C=O) groups excluding carboxylic acids is 2. The zero-order chi connectivity index (χ0) is 17.2. The van der Waals surface area contributed by atoms with Gasteiger partial charge in [-0.15, -0.1) is 0 Å². The Morgan fingerprint density at radius 2 is 1.61 bits per heavy atom. The maximum atomic E-state index is 11.9. The van der Waals surface area contributed by atoms with Gasteiger partial charge in [-0.05, 0) is 24.1 Å². The number of rotatable bonds is 9. The summed E-state index contributed by atoms with van der Waals surface area (Å²) in [6, 6.07) is 8.06. The van der Waals surface area contributed by atoms with Gasteiger partial charge in [0.05, 0.1) is 7.05 Å². The minimum Gasteiger partial charge on any atom is -0.378 e. The molecular weight excluding hydrogens is 292 g/mol. The maximum absolute atomic E-state index is 11.9. The minimum absolute atomic E-state index is 0.0172. The zero-order valence-electron chi connectivity index (χ0n) is 14.6. The van der Waals surface area contributed by atoms with Crippen molar-refractivity contribution in [3.05, 3.63) is 29.8 Å². The Labute approximate surface area is 138 Å². The highest BCUT2D eigenvalue weighted by molar-refractivity contribution is 5.78. The first-order valence-corrected chi connectivity index (χ1v) is 8.03. The van der Waals surface area contributed by atoms with Crippen LogP contribution in [0.5, 0.6) is 0 Å². The SMILES string of the molecule is CCCNC(=O)C[NH+](C)CC(=O)NCc1ccc(N(C)C)cc1. The molecule has 0 heterocycles. The Bertz CT molecular complexity index is 500. The molecular formula is C17H29N4O2+. The molecule has 0 spiro atoms. The fraction of sp³-hybridized carbons (Fsp3) is 0.529. The third-order valence-electron chi connectivity index (χ3n) is 3.44. The Balaban J connectivity index is 2.31. The van der Waals surface area contributed by atoms with Crippen molar-refractivity contribution in [2.75, 3.05) is 45.7 Å². The summed E-state index contributed by atoms with van der Waals surface area (Å²) in [5, 5.41) is 5.70. The summed E-state index contributed by atoms with van der Waals surface area (Å²) < 4.78 is 0. The second-order valence-corrected chi connectivity index (χ2v) is 6.00. The summed E-state index contributed by atoms with van der Waals surface area (Å²) in [7, 11) is 5.83. The van der Waals surface area contributed by atoms with Crippen LogP contribution in [0.4, 0.5) is 5.69 Å². The van der Waals surface area contributed by atoms with E-state index in [2.05, 4.69) is 10.6 Å². The van der Waals surface area contributed by atoms with Gasteiger partial charge in [0.25, 0.3) is 11.8 Å². The molecule has 1 rings (SSSR count). The molecule has 6 heteroatoms. The van der Waals surface area contributed by atoms with Crippen LogP contribution in [0.3, 0.4) is 0 Å². The highest BCUT2D eigenvalue weighted by Crippen LogP contribution is 2.11. The normalized spacial score (nSPS) is 11.7. The second kappa shape index (κ2) is 9.84. The molecule has 0 aliphatic rings. The molecule has 3 N–H and O–H groups in total. The lowest BCUT2D eigenvalue weighted by atomic mass is 10.2. The summed E-state index contributed by atoms with van der Waals surface area (Å²) in [5.41, 5.74) is 2.18. The number of nitrogens with one attached hydrogen (secondary N) is 3. The van der Waals surface area contributed by atoms with Gasteiger partial charge in [0.1, 0.15) is 0 Å². The Morgan fingerprint density at radius 3 is 2.13 bits per heavy atom. The number of anilines is 1. The van der Waals surface area contributed by atoms with Crippen molar-refractivity contribution >= 4 is 17.5 Å². The van der Waals surface area contributed by atoms with E-state index in [-0.39, 0.29) is 18.4 Å². The van der Waals surface area contributed by atoms with E-state index >= 15 is 0 Å². The average Bonchev–Trinajstić information content (AvgIpc) is 2.51. The van der Waals surface area contributed by atoms with Crippen LogP contribution in [-0.4, -0.2) is 52.6 Å². The van der Waals surface area contributed by atoms with Crippen molar-refractivity contribution in [3.63, 3.8) is 0 Å². The average molecular weight is 321 g/mol. The number of hydrogen-bond acceptors (Lipinski definition) is 3. The molecule has 23 heavy (non-hydrogen) atoms. The molecule has 1 atom stereocenters. The Kier molecular flexibility index (Phi) is 8.11. The van der Waals surface area contributed by atoms with Crippen LogP contribution in [0, 0.1) is 0 Å². The highest BCUT2D eigenvalue weighted by atomic mass is 16.2. The van der Waals surface area contributed by atoms with Crippen LogP contribution in [0.2, 0.25) is 0 Å². The molecule has 1 aromatic rings. The molecule has 0 saturated heterocycles. The fourth-order valence-electron chi connectivity index (χ4n) is 2.11. The smallest absolute Gasteiger partial charge is 0.275 e. The van der Waals surface area contributed by atoms with Gasteiger partial charge in [-0.3, -0.25) is 9.59 Å². The molecule has 1 aromatic carbocycles. The lowest BCUT2D eigenvalue weighted by Crippen LogP contribution is -3.11. The van der Waals surface area contributed by atoms with Gasteiger partial charge in [0.2, 0.25) is 0 Å². The van der Waals surface area contributed by atoms with Crippen molar-refractivity contribution in [1.82, 2.24) is 10.6 Å². The standard InChI is InChI=1S/C17H28N4O2/c1-5-10-18-16(22)12-21(4)13-17(23)19-11-14-6-8-15(9-7-14)20(2)3/h6-9H,5,10-13H2,1-4H3,(H,18,22)(H,19,23)/p+1. The van der Waals surface area contributed by atoms with Crippen molar-refractivity contribution < 1.29 is 14.5 Å². The van der Waals surface area contributed by atoms with E-state index < -0.39 is 0 Å². The maximum Gasteiger partial charge on any atom is 0.275 e. The van der Waals surface area contributed by atoms with Crippen molar-refractivity contribution in [3.8, 4) is 0 Å². The molecule has 0 saturated carbocycles. The molecule has 0 fully saturated rings. The number of likely N-dealkylation sites (N-methyl/N-ethyl adjacent to an activating group) is 1. The Morgan fingerprint density at radius 1 is 1.04 bits per heavy atom. The van der Waals surface area contributed by atoms with Crippen LogP contribution in [0.25, 0.3) is 0 Å². The highest BCUT2D eigenvalue weighted by Gasteiger charge is 2.13. The summed E-state index contributed by atoms with van der Waals surface area (Å²) in [6.07, 6.45) is 0.915. The summed E-state index contributed by atoms with van der Waals surface area (Å²) in [5.74, 6) is -0.0705. The van der Waals surface area contributed by atoms with Gasteiger partial charge in [0, 0.05) is 32.9 Å². The van der Waals surface area contributed by atoms with Crippen LogP contribution >= 0.6 is 0 Å². The molecule has 0 bridgehead atoms. The summed E-state index contributed by atoms with van der Waals surface area (Å²) in [4.78, 5) is 26.4. The molecule has 6 nitrogen and oxygen atoms in total. The van der Waals surface area contributed by atoms with Crippen molar-refractivity contribution in [2.45, 2.75) is 19.9 Å². The first-order valence-electron chi connectivity index (χ1n) is 8.03. The van der Waals surface area contributed by atoms with E-state index in [9.17, 15) is 9.59 Å². The first-order chi connectivity index (χ1) is 10.9. The molecule has 0 radical (unpaired) electrons. The van der Waals surface area contributed by atoms with E-state index in [4.69, 9.17) is 0 Å². The largest absolute Gasteiger partial charge is 0.378 e. The molecule has 0 aromatic heterocycles. The van der Waals surface area contributed by atoms with Gasteiger partial charge >= 0.3 is 0 Å². The van der Waals surface area contributed by atoms with Crippen molar-refractivity contribution in [2.24, 2.45) is 0 Å². The van der Waals surface area contributed by atoms with Crippen molar-refractivity contribution in [1.29, 1.82) is 0 Å². The molecule has 128 valence electrons.